The average Bonchev–Trinajstić information content (AvgIpc) is 2.70. The predicted octanol–water partition coefficient (Wildman–Crippen LogP) is 2.49. The average molecular weight is 247 g/mol. The molecule has 1 aromatic carbocycles. The molecule has 3 atom stereocenters. The van der Waals surface area contributed by atoms with Crippen LogP contribution in [0.1, 0.15) is 37.4 Å². The van der Waals surface area contributed by atoms with Gasteiger partial charge < -0.3 is 9.84 Å². The maximum Gasteiger partial charge on any atom is 0.115 e. The molecule has 1 saturated heterocycles. The molecule has 3 unspecified atom stereocenters. The van der Waals surface area contributed by atoms with Gasteiger partial charge in [-0.25, -0.2) is 0 Å². The molecule has 3 nitrogen and oxygen atoms in total. The molecule has 1 heterocycles. The van der Waals surface area contributed by atoms with E-state index in [0.717, 1.165) is 25.9 Å². The van der Waals surface area contributed by atoms with Crippen molar-refractivity contribution in [2.75, 3.05) is 13.1 Å². The lowest BCUT2D eigenvalue weighted by Gasteiger charge is -2.39. The Morgan fingerprint density at radius 2 is 1.94 bits per heavy atom. The third-order valence-electron chi connectivity index (χ3n) is 4.06. The summed E-state index contributed by atoms with van der Waals surface area (Å²) in [5.74, 6) is 0.387. The Balaban J connectivity index is 1.83. The van der Waals surface area contributed by atoms with Gasteiger partial charge >= 0.3 is 0 Å². The van der Waals surface area contributed by atoms with E-state index < -0.39 is 0 Å². The standard InChI is InChI=1S/C15H21NO2/c1-10-8-16(9-11(2)18-10)15-6-3-12-7-13(17)4-5-14(12)15/h4-5,7,10-11,15,17H,3,6,8-9H2,1-2H3. The second kappa shape index (κ2) is 4.56. The largest absolute Gasteiger partial charge is 0.508 e. The zero-order valence-corrected chi connectivity index (χ0v) is 11.1. The van der Waals surface area contributed by atoms with Crippen molar-refractivity contribution in [3.63, 3.8) is 0 Å². The lowest BCUT2D eigenvalue weighted by molar-refractivity contribution is -0.0807. The first-order valence-corrected chi connectivity index (χ1v) is 6.85. The quantitative estimate of drug-likeness (QED) is 0.827. The molecule has 3 rings (SSSR count). The molecular formula is C15H21NO2. The van der Waals surface area contributed by atoms with Crippen LogP contribution in [0.3, 0.4) is 0 Å². The van der Waals surface area contributed by atoms with Crippen molar-refractivity contribution in [1.82, 2.24) is 4.90 Å². The topological polar surface area (TPSA) is 32.7 Å². The van der Waals surface area contributed by atoms with Crippen LogP contribution in [0.15, 0.2) is 18.2 Å². The molecule has 0 amide bonds. The first-order valence-electron chi connectivity index (χ1n) is 6.85. The zero-order chi connectivity index (χ0) is 12.7. The summed E-state index contributed by atoms with van der Waals surface area (Å²) in [4.78, 5) is 2.54. The summed E-state index contributed by atoms with van der Waals surface area (Å²) in [6.07, 6.45) is 2.87. The van der Waals surface area contributed by atoms with Crippen molar-refractivity contribution < 1.29 is 9.84 Å². The van der Waals surface area contributed by atoms with Crippen LogP contribution in [0, 0.1) is 0 Å². The highest BCUT2D eigenvalue weighted by Gasteiger charge is 2.32. The summed E-state index contributed by atoms with van der Waals surface area (Å²) < 4.78 is 5.80. The van der Waals surface area contributed by atoms with Crippen molar-refractivity contribution in [3.05, 3.63) is 29.3 Å². The molecule has 1 aromatic rings. The Bertz CT molecular complexity index is 436. The molecule has 1 fully saturated rings. The summed E-state index contributed by atoms with van der Waals surface area (Å²) in [6, 6.07) is 6.33. The fourth-order valence-corrected chi connectivity index (χ4v) is 3.43. The Hall–Kier alpha value is -1.06. The van der Waals surface area contributed by atoms with Crippen LogP contribution in [0.5, 0.6) is 5.75 Å². The second-order valence-corrected chi connectivity index (χ2v) is 5.65. The lowest BCUT2D eigenvalue weighted by Crippen LogP contribution is -2.46. The number of morpholine rings is 1. The van der Waals surface area contributed by atoms with Crippen LogP contribution >= 0.6 is 0 Å². The van der Waals surface area contributed by atoms with Gasteiger partial charge in [0.2, 0.25) is 0 Å². The number of aromatic hydroxyl groups is 1. The SMILES string of the molecule is CC1CN(C2CCc3cc(O)ccc32)CC(C)O1. The number of fused-ring (bicyclic) bond motifs is 1. The smallest absolute Gasteiger partial charge is 0.115 e. The Kier molecular flexibility index (Phi) is 3.04. The van der Waals surface area contributed by atoms with Gasteiger partial charge in [0, 0.05) is 19.1 Å². The number of phenols is 1. The van der Waals surface area contributed by atoms with E-state index in [1.165, 1.54) is 11.1 Å². The Morgan fingerprint density at radius 3 is 2.67 bits per heavy atom. The molecule has 0 aromatic heterocycles. The lowest BCUT2D eigenvalue weighted by atomic mass is 10.0. The van der Waals surface area contributed by atoms with E-state index in [9.17, 15) is 5.11 Å². The summed E-state index contributed by atoms with van der Waals surface area (Å²) in [5.41, 5.74) is 2.71. The van der Waals surface area contributed by atoms with Crippen molar-refractivity contribution >= 4 is 0 Å². The fraction of sp³-hybridized carbons (Fsp3) is 0.600. The number of hydrogen-bond acceptors (Lipinski definition) is 3. The molecule has 1 aliphatic carbocycles. The number of aryl methyl sites for hydroxylation is 1. The maximum atomic E-state index is 9.54. The first-order chi connectivity index (χ1) is 8.63. The van der Waals surface area contributed by atoms with Gasteiger partial charge in [0.1, 0.15) is 5.75 Å². The summed E-state index contributed by atoms with van der Waals surface area (Å²) >= 11 is 0. The van der Waals surface area contributed by atoms with Gasteiger partial charge in [0.05, 0.1) is 12.2 Å². The van der Waals surface area contributed by atoms with Crippen LogP contribution in [-0.4, -0.2) is 35.3 Å². The molecule has 2 aliphatic rings. The normalized spacial score (nSPS) is 32.4. The number of nitrogens with zero attached hydrogens (tertiary/aromatic N) is 1. The van der Waals surface area contributed by atoms with E-state index in [1.807, 2.05) is 12.1 Å². The second-order valence-electron chi connectivity index (χ2n) is 5.65. The fourth-order valence-electron chi connectivity index (χ4n) is 3.43. The molecule has 1 aliphatic heterocycles. The number of phenolic OH excluding ortho intramolecular Hbond substituents is 1. The minimum absolute atomic E-state index is 0.315. The highest BCUT2D eigenvalue weighted by molar-refractivity contribution is 5.40. The van der Waals surface area contributed by atoms with Gasteiger partial charge in [-0.2, -0.15) is 0 Å². The van der Waals surface area contributed by atoms with E-state index in [0.29, 0.717) is 24.0 Å². The number of hydrogen-bond donors (Lipinski definition) is 1. The summed E-state index contributed by atoms with van der Waals surface area (Å²) in [7, 11) is 0. The minimum atomic E-state index is 0.315. The maximum absolute atomic E-state index is 9.54. The van der Waals surface area contributed by atoms with E-state index >= 15 is 0 Å². The van der Waals surface area contributed by atoms with Crippen LogP contribution < -0.4 is 0 Å². The van der Waals surface area contributed by atoms with Crippen LogP contribution in [0.2, 0.25) is 0 Å². The Labute approximate surface area is 108 Å². The number of ether oxygens (including phenoxy) is 1. The van der Waals surface area contributed by atoms with Gasteiger partial charge in [0.15, 0.2) is 0 Å². The number of rotatable bonds is 1. The van der Waals surface area contributed by atoms with E-state index in [1.54, 1.807) is 0 Å². The molecule has 0 saturated carbocycles. The summed E-state index contributed by atoms with van der Waals surface area (Å²) in [6.45, 7) is 6.31. The minimum Gasteiger partial charge on any atom is -0.508 e. The van der Waals surface area contributed by atoms with Crippen LogP contribution in [0.4, 0.5) is 0 Å². The van der Waals surface area contributed by atoms with E-state index in [4.69, 9.17) is 4.74 Å². The molecule has 3 heteroatoms. The predicted molar refractivity (Wildman–Crippen MR) is 70.8 cm³/mol. The van der Waals surface area contributed by atoms with Crippen molar-refractivity contribution in [3.8, 4) is 5.75 Å². The van der Waals surface area contributed by atoms with E-state index in [-0.39, 0.29) is 0 Å². The van der Waals surface area contributed by atoms with Gasteiger partial charge in [-0.15, -0.1) is 0 Å². The molecule has 0 spiro atoms. The highest BCUT2D eigenvalue weighted by Crippen LogP contribution is 2.38. The first kappa shape index (κ1) is 12.0. The zero-order valence-electron chi connectivity index (χ0n) is 11.1. The third kappa shape index (κ3) is 2.13. The van der Waals surface area contributed by atoms with Gasteiger partial charge in [-0.3, -0.25) is 4.90 Å². The van der Waals surface area contributed by atoms with Crippen molar-refractivity contribution in [2.45, 2.75) is 44.9 Å². The molecule has 98 valence electrons. The monoisotopic (exact) mass is 247 g/mol. The molecular weight excluding hydrogens is 226 g/mol. The van der Waals surface area contributed by atoms with E-state index in [2.05, 4.69) is 24.8 Å². The Morgan fingerprint density at radius 1 is 1.22 bits per heavy atom. The highest BCUT2D eigenvalue weighted by atomic mass is 16.5. The molecule has 0 bridgehead atoms. The van der Waals surface area contributed by atoms with Gasteiger partial charge in [-0.1, -0.05) is 6.07 Å². The summed E-state index contributed by atoms with van der Waals surface area (Å²) in [5, 5.41) is 9.54. The molecule has 18 heavy (non-hydrogen) atoms. The third-order valence-corrected chi connectivity index (χ3v) is 4.06. The van der Waals surface area contributed by atoms with Crippen LogP contribution in [0.25, 0.3) is 0 Å². The van der Waals surface area contributed by atoms with Gasteiger partial charge in [0.25, 0.3) is 0 Å². The van der Waals surface area contributed by atoms with Crippen molar-refractivity contribution in [2.24, 2.45) is 0 Å². The van der Waals surface area contributed by atoms with Gasteiger partial charge in [-0.05, 0) is 49.9 Å². The van der Waals surface area contributed by atoms with Crippen LogP contribution in [-0.2, 0) is 11.2 Å². The van der Waals surface area contributed by atoms with Crippen molar-refractivity contribution in [1.29, 1.82) is 0 Å². The number of benzene rings is 1. The molecule has 0 radical (unpaired) electrons. The molecule has 1 N–H and O–H groups in total.